The summed E-state index contributed by atoms with van der Waals surface area (Å²) >= 11 is 0. The van der Waals surface area contributed by atoms with E-state index in [1.165, 1.54) is 0 Å². The van der Waals surface area contributed by atoms with Gasteiger partial charge < -0.3 is 29.7 Å². The molecule has 8 heteroatoms. The molecule has 1 aliphatic heterocycles. The van der Waals surface area contributed by atoms with Crippen LogP contribution >= 0.6 is 0 Å². The third kappa shape index (κ3) is 5.51. The molecule has 1 aromatic carbocycles. The number of ether oxygens (including phenoxy) is 3. The third-order valence-electron chi connectivity index (χ3n) is 4.58. The number of morpholine rings is 1. The Morgan fingerprint density at radius 1 is 1.17 bits per heavy atom. The topological polar surface area (TPSA) is 80.2 Å². The maximum Gasteiger partial charge on any atom is 0.196 e. The zero-order chi connectivity index (χ0) is 20.5. The van der Waals surface area contributed by atoms with E-state index in [1.807, 2.05) is 37.4 Å². The number of aliphatic imine (C=N–C) groups is 1. The van der Waals surface area contributed by atoms with E-state index in [0.717, 1.165) is 49.9 Å². The SMILES string of the molecule is CCNC(=NCc1cccnc1N1CCOCC1)Nc1ccc(OC)c(OC)c1. The number of methoxy groups -OCH3 is 2. The Kier molecular flexibility index (Phi) is 7.52. The molecule has 29 heavy (non-hydrogen) atoms. The zero-order valence-electron chi connectivity index (χ0n) is 17.3. The van der Waals surface area contributed by atoms with E-state index in [0.29, 0.717) is 24.0 Å². The molecule has 1 aliphatic rings. The standard InChI is InChI=1S/C21H29N5O3/c1-4-22-21(25-17-7-8-18(27-2)19(14-17)28-3)24-15-16-6-5-9-23-20(16)26-10-12-29-13-11-26/h5-9,14H,4,10-13,15H2,1-3H3,(H2,22,24,25). The number of benzene rings is 1. The summed E-state index contributed by atoms with van der Waals surface area (Å²) in [7, 11) is 3.24. The molecule has 0 radical (unpaired) electrons. The number of hydrogen-bond donors (Lipinski definition) is 2. The van der Waals surface area contributed by atoms with Gasteiger partial charge in [0.2, 0.25) is 0 Å². The monoisotopic (exact) mass is 399 g/mol. The van der Waals surface area contributed by atoms with Gasteiger partial charge in [-0.1, -0.05) is 6.07 Å². The van der Waals surface area contributed by atoms with Gasteiger partial charge in [0, 0.05) is 43.1 Å². The molecule has 0 atom stereocenters. The van der Waals surface area contributed by atoms with Gasteiger partial charge in [-0.15, -0.1) is 0 Å². The van der Waals surface area contributed by atoms with Crippen LogP contribution in [0.5, 0.6) is 11.5 Å². The highest BCUT2D eigenvalue weighted by Gasteiger charge is 2.15. The molecule has 0 unspecified atom stereocenters. The second-order valence-electron chi connectivity index (χ2n) is 6.48. The second-order valence-corrected chi connectivity index (χ2v) is 6.48. The number of aromatic nitrogens is 1. The van der Waals surface area contributed by atoms with Crippen molar-refractivity contribution in [3.8, 4) is 11.5 Å². The van der Waals surface area contributed by atoms with E-state index in [2.05, 4.69) is 26.6 Å². The van der Waals surface area contributed by atoms with Gasteiger partial charge in [0.25, 0.3) is 0 Å². The van der Waals surface area contributed by atoms with Crippen molar-refractivity contribution >= 4 is 17.5 Å². The van der Waals surface area contributed by atoms with Crippen LogP contribution in [0.25, 0.3) is 0 Å². The second kappa shape index (κ2) is 10.5. The predicted octanol–water partition coefficient (Wildman–Crippen LogP) is 2.51. The van der Waals surface area contributed by atoms with Gasteiger partial charge in [-0.25, -0.2) is 9.98 Å². The normalized spacial score (nSPS) is 14.4. The fourth-order valence-electron chi connectivity index (χ4n) is 3.14. The Morgan fingerprint density at radius 2 is 1.97 bits per heavy atom. The Bertz CT molecular complexity index is 822. The Hall–Kier alpha value is -3.00. The molecule has 3 rings (SSSR count). The van der Waals surface area contributed by atoms with E-state index in [9.17, 15) is 0 Å². The van der Waals surface area contributed by atoms with Crippen molar-refractivity contribution in [2.45, 2.75) is 13.5 Å². The number of nitrogens with one attached hydrogen (secondary N) is 2. The minimum atomic E-state index is 0.517. The fourth-order valence-corrected chi connectivity index (χ4v) is 3.14. The van der Waals surface area contributed by atoms with Crippen LogP contribution in [0.4, 0.5) is 11.5 Å². The minimum absolute atomic E-state index is 0.517. The Morgan fingerprint density at radius 3 is 2.69 bits per heavy atom. The first kappa shape index (κ1) is 20.7. The molecule has 1 fully saturated rings. The lowest BCUT2D eigenvalue weighted by Crippen LogP contribution is -2.37. The molecule has 156 valence electrons. The molecule has 0 spiro atoms. The van der Waals surface area contributed by atoms with Gasteiger partial charge >= 0.3 is 0 Å². The molecule has 8 nitrogen and oxygen atoms in total. The summed E-state index contributed by atoms with van der Waals surface area (Å²) in [5, 5.41) is 6.60. The van der Waals surface area contributed by atoms with Crippen LogP contribution in [0.3, 0.4) is 0 Å². The fraction of sp³-hybridized carbons (Fsp3) is 0.429. The van der Waals surface area contributed by atoms with E-state index < -0.39 is 0 Å². The highest BCUT2D eigenvalue weighted by molar-refractivity contribution is 5.94. The summed E-state index contributed by atoms with van der Waals surface area (Å²) in [6, 6.07) is 9.69. The lowest BCUT2D eigenvalue weighted by atomic mass is 10.2. The smallest absolute Gasteiger partial charge is 0.196 e. The van der Waals surface area contributed by atoms with E-state index in [1.54, 1.807) is 14.2 Å². The zero-order valence-corrected chi connectivity index (χ0v) is 17.3. The number of rotatable bonds is 7. The third-order valence-corrected chi connectivity index (χ3v) is 4.58. The van der Waals surface area contributed by atoms with Crippen molar-refractivity contribution in [1.29, 1.82) is 0 Å². The highest BCUT2D eigenvalue weighted by Crippen LogP contribution is 2.29. The van der Waals surface area contributed by atoms with Gasteiger partial charge in [-0.2, -0.15) is 0 Å². The quantitative estimate of drug-likeness (QED) is 0.547. The van der Waals surface area contributed by atoms with Crippen LogP contribution in [0.2, 0.25) is 0 Å². The molecule has 0 aliphatic carbocycles. The number of nitrogens with zero attached hydrogens (tertiary/aromatic N) is 3. The van der Waals surface area contributed by atoms with Crippen molar-refractivity contribution < 1.29 is 14.2 Å². The van der Waals surface area contributed by atoms with Crippen molar-refractivity contribution in [3.63, 3.8) is 0 Å². The summed E-state index contributed by atoms with van der Waals surface area (Å²) in [5.41, 5.74) is 1.95. The molecule has 2 aromatic rings. The Labute approximate surface area is 171 Å². The molecular formula is C21H29N5O3. The summed E-state index contributed by atoms with van der Waals surface area (Å²) in [4.78, 5) is 11.6. The predicted molar refractivity (Wildman–Crippen MR) is 115 cm³/mol. The molecule has 0 saturated carbocycles. The molecular weight excluding hydrogens is 370 g/mol. The van der Waals surface area contributed by atoms with Gasteiger partial charge in [-0.3, -0.25) is 0 Å². The minimum Gasteiger partial charge on any atom is -0.493 e. The summed E-state index contributed by atoms with van der Waals surface area (Å²) in [5.74, 6) is 3.01. The average molecular weight is 399 g/mol. The van der Waals surface area contributed by atoms with Crippen molar-refractivity contribution in [1.82, 2.24) is 10.3 Å². The largest absolute Gasteiger partial charge is 0.493 e. The van der Waals surface area contributed by atoms with Crippen LogP contribution in [-0.4, -0.2) is 58.0 Å². The van der Waals surface area contributed by atoms with Crippen LogP contribution in [0.1, 0.15) is 12.5 Å². The van der Waals surface area contributed by atoms with Gasteiger partial charge in [0.05, 0.1) is 34.0 Å². The maximum absolute atomic E-state index is 5.46. The summed E-state index contributed by atoms with van der Waals surface area (Å²) < 4.78 is 16.1. The molecule has 0 amide bonds. The van der Waals surface area contributed by atoms with Crippen LogP contribution in [-0.2, 0) is 11.3 Å². The van der Waals surface area contributed by atoms with E-state index in [-0.39, 0.29) is 0 Å². The Balaban J connectivity index is 1.76. The first-order valence-electron chi connectivity index (χ1n) is 9.79. The highest BCUT2D eigenvalue weighted by atomic mass is 16.5. The maximum atomic E-state index is 5.46. The summed E-state index contributed by atoms with van der Waals surface area (Å²) in [6.07, 6.45) is 1.82. The molecule has 1 aromatic heterocycles. The van der Waals surface area contributed by atoms with Crippen LogP contribution in [0, 0.1) is 0 Å². The molecule has 1 saturated heterocycles. The van der Waals surface area contributed by atoms with E-state index in [4.69, 9.17) is 19.2 Å². The average Bonchev–Trinajstić information content (AvgIpc) is 2.78. The first-order valence-corrected chi connectivity index (χ1v) is 9.79. The number of anilines is 2. The van der Waals surface area contributed by atoms with Crippen LogP contribution < -0.4 is 25.0 Å². The molecule has 2 N–H and O–H groups in total. The lowest BCUT2D eigenvalue weighted by Gasteiger charge is -2.29. The van der Waals surface area contributed by atoms with Crippen molar-refractivity contribution in [3.05, 3.63) is 42.1 Å². The lowest BCUT2D eigenvalue weighted by molar-refractivity contribution is 0.122. The van der Waals surface area contributed by atoms with Crippen molar-refractivity contribution in [2.75, 3.05) is 57.3 Å². The van der Waals surface area contributed by atoms with Gasteiger partial charge in [0.15, 0.2) is 17.5 Å². The van der Waals surface area contributed by atoms with Crippen molar-refractivity contribution in [2.24, 2.45) is 4.99 Å². The molecule has 0 bridgehead atoms. The van der Waals surface area contributed by atoms with E-state index >= 15 is 0 Å². The van der Waals surface area contributed by atoms with Crippen LogP contribution in [0.15, 0.2) is 41.5 Å². The number of guanidine groups is 1. The van der Waals surface area contributed by atoms with Gasteiger partial charge in [-0.05, 0) is 25.1 Å². The number of hydrogen-bond acceptors (Lipinski definition) is 6. The first-order chi connectivity index (χ1) is 14.2. The summed E-state index contributed by atoms with van der Waals surface area (Å²) in [6.45, 7) is 6.45. The molecule has 2 heterocycles. The van der Waals surface area contributed by atoms with Gasteiger partial charge in [0.1, 0.15) is 5.82 Å². The number of pyridine rings is 1.